The van der Waals surface area contributed by atoms with Crippen LogP contribution >= 0.6 is 23.5 Å². The molecule has 162 valence electrons. The summed E-state index contributed by atoms with van der Waals surface area (Å²) in [6, 6.07) is 0. The van der Waals surface area contributed by atoms with Gasteiger partial charge in [-0.1, -0.05) is 31.0 Å². The third-order valence-electron chi connectivity index (χ3n) is 5.26. The monoisotopic (exact) mass is 447 g/mol. The normalized spacial score (nSPS) is 26.6. The molecule has 1 amide bonds. The molecule has 0 aromatic rings. The molecular formula is C19H26FNO6S2. The number of fused-ring (bicyclic) bond motifs is 1. The Kier molecular flexibility index (Phi) is 7.50. The first kappa shape index (κ1) is 22.4. The summed E-state index contributed by atoms with van der Waals surface area (Å²) in [6.07, 6.45) is 2.68. The number of alkyl halides is 1. The van der Waals surface area contributed by atoms with Crippen molar-refractivity contribution >= 4 is 41.4 Å². The summed E-state index contributed by atoms with van der Waals surface area (Å²) < 4.78 is 23.7. The van der Waals surface area contributed by atoms with Crippen molar-refractivity contribution < 1.29 is 33.4 Å². The van der Waals surface area contributed by atoms with Crippen LogP contribution in [0.2, 0.25) is 0 Å². The molecule has 4 atom stereocenters. The van der Waals surface area contributed by atoms with Gasteiger partial charge in [0.1, 0.15) is 5.37 Å². The quantitative estimate of drug-likeness (QED) is 0.345. The molecule has 2 fully saturated rings. The number of thioether (sulfide) groups is 2. The Morgan fingerprint density at radius 3 is 2.59 bits per heavy atom. The molecule has 0 bridgehead atoms. The molecule has 0 spiro atoms. The van der Waals surface area contributed by atoms with Gasteiger partial charge in [-0.2, -0.15) is 0 Å². The van der Waals surface area contributed by atoms with Crippen molar-refractivity contribution in [1.29, 1.82) is 0 Å². The highest BCUT2D eigenvalue weighted by Gasteiger charge is 2.58. The lowest BCUT2D eigenvalue weighted by atomic mass is 9.89. The Hall–Kier alpha value is -1.26. The van der Waals surface area contributed by atoms with E-state index >= 15 is 0 Å². The molecule has 3 aliphatic rings. The molecule has 1 saturated carbocycles. The van der Waals surface area contributed by atoms with Gasteiger partial charge in [-0.05, 0) is 19.8 Å². The van der Waals surface area contributed by atoms with E-state index in [-0.39, 0.29) is 29.2 Å². The van der Waals surface area contributed by atoms with Crippen LogP contribution in [0.15, 0.2) is 9.93 Å². The van der Waals surface area contributed by atoms with Gasteiger partial charge in [0.25, 0.3) is 0 Å². The molecular weight excluding hydrogens is 421 g/mol. The van der Waals surface area contributed by atoms with Crippen LogP contribution in [-0.4, -0.2) is 58.0 Å². The molecule has 1 N–H and O–H groups in total. The summed E-state index contributed by atoms with van der Waals surface area (Å²) in [5.41, 5.74) is 0.0425. The van der Waals surface area contributed by atoms with Crippen LogP contribution in [0.25, 0.3) is 0 Å². The van der Waals surface area contributed by atoms with Gasteiger partial charge >= 0.3 is 11.9 Å². The molecule has 0 aromatic heterocycles. The van der Waals surface area contributed by atoms with Gasteiger partial charge < -0.3 is 14.6 Å². The first-order valence-electron chi connectivity index (χ1n) is 9.87. The molecule has 2 aliphatic heterocycles. The lowest BCUT2D eigenvalue weighted by Crippen LogP contribution is -2.60. The average Bonchev–Trinajstić information content (AvgIpc) is 3.00. The van der Waals surface area contributed by atoms with E-state index in [4.69, 9.17) is 9.47 Å². The highest BCUT2D eigenvalue weighted by molar-refractivity contribution is 8.22. The van der Waals surface area contributed by atoms with Crippen molar-refractivity contribution in [2.75, 3.05) is 12.4 Å². The molecule has 0 radical (unpaired) electrons. The minimum absolute atomic E-state index is 0.0425. The molecule has 7 nitrogen and oxygen atoms in total. The van der Waals surface area contributed by atoms with E-state index in [0.717, 1.165) is 43.9 Å². The van der Waals surface area contributed by atoms with Crippen molar-refractivity contribution in [2.45, 2.75) is 63.7 Å². The van der Waals surface area contributed by atoms with Crippen molar-refractivity contribution in [2.24, 2.45) is 11.8 Å². The Labute approximate surface area is 177 Å². The first-order valence-corrected chi connectivity index (χ1v) is 11.7. The highest BCUT2D eigenvalue weighted by Crippen LogP contribution is 2.54. The van der Waals surface area contributed by atoms with Crippen LogP contribution in [0.4, 0.5) is 4.39 Å². The number of hydrogen-bond donors (Lipinski definition) is 1. The number of rotatable bonds is 8. The number of halogens is 1. The zero-order valence-electron chi connectivity index (χ0n) is 16.5. The number of carbonyl (C=O) groups is 3. The van der Waals surface area contributed by atoms with Gasteiger partial charge in [0, 0.05) is 12.7 Å². The number of aliphatic hydroxyl groups is 1. The zero-order chi connectivity index (χ0) is 21.1. The van der Waals surface area contributed by atoms with Gasteiger partial charge in [-0.3, -0.25) is 18.9 Å². The standard InChI is InChI=1S/C19H26FNO6S2/c1-10(22)13-15(23)21-14(19(28-9-8-20)29-16(13)21)18(25)27-11(2)26-17(24)12-6-4-3-5-7-12/h10-13,16,22H,3-9H2,1-2H3/t10-,11?,13+,16-/m1/s1. The summed E-state index contributed by atoms with van der Waals surface area (Å²) in [4.78, 5) is 38.7. The van der Waals surface area contributed by atoms with Crippen LogP contribution in [0.3, 0.4) is 0 Å². The molecule has 29 heavy (non-hydrogen) atoms. The Balaban J connectivity index is 1.65. The van der Waals surface area contributed by atoms with Crippen LogP contribution < -0.4 is 0 Å². The Bertz CT molecular complexity index is 694. The summed E-state index contributed by atoms with van der Waals surface area (Å²) in [5, 5.41) is 9.42. The van der Waals surface area contributed by atoms with Crippen molar-refractivity contribution in [1.82, 2.24) is 4.90 Å². The molecule has 3 rings (SSSR count). The molecule has 2 heterocycles. The lowest BCUT2D eigenvalue weighted by Gasteiger charge is -2.43. The summed E-state index contributed by atoms with van der Waals surface area (Å²) in [6.45, 7) is 2.41. The van der Waals surface area contributed by atoms with Crippen LogP contribution in [0, 0.1) is 11.8 Å². The second-order valence-corrected chi connectivity index (χ2v) is 9.89. The fourth-order valence-corrected chi connectivity index (χ4v) is 6.52. The van der Waals surface area contributed by atoms with Crippen molar-refractivity contribution in [3.63, 3.8) is 0 Å². The predicted octanol–water partition coefficient (Wildman–Crippen LogP) is 2.78. The molecule has 1 unspecified atom stereocenters. The number of aliphatic hydroxyl groups excluding tert-OH is 1. The van der Waals surface area contributed by atoms with Gasteiger partial charge in [0.15, 0.2) is 5.70 Å². The van der Waals surface area contributed by atoms with E-state index in [1.54, 1.807) is 0 Å². The van der Waals surface area contributed by atoms with Gasteiger partial charge in [-0.25, -0.2) is 4.79 Å². The number of esters is 2. The fourth-order valence-electron chi connectivity index (χ4n) is 3.80. The highest BCUT2D eigenvalue weighted by atomic mass is 32.2. The van der Waals surface area contributed by atoms with Crippen molar-refractivity contribution in [3.05, 3.63) is 9.93 Å². The summed E-state index contributed by atoms with van der Waals surface area (Å²) in [5.74, 6) is -2.18. The van der Waals surface area contributed by atoms with E-state index in [1.807, 2.05) is 0 Å². The van der Waals surface area contributed by atoms with E-state index < -0.39 is 36.3 Å². The lowest BCUT2D eigenvalue weighted by molar-refractivity contribution is -0.188. The number of β-lactam (4-membered cyclic amide) rings is 1. The third kappa shape index (κ3) is 4.74. The molecule has 1 aliphatic carbocycles. The second kappa shape index (κ2) is 9.70. The van der Waals surface area contributed by atoms with Gasteiger partial charge in [0.05, 0.1) is 28.9 Å². The van der Waals surface area contributed by atoms with E-state index in [2.05, 4.69) is 0 Å². The third-order valence-corrected chi connectivity index (χ3v) is 7.87. The molecule has 1 saturated heterocycles. The summed E-state index contributed by atoms with van der Waals surface area (Å²) in [7, 11) is 0. The number of amides is 1. The molecule has 10 heteroatoms. The van der Waals surface area contributed by atoms with Crippen molar-refractivity contribution in [3.8, 4) is 0 Å². The number of hydrogen-bond acceptors (Lipinski definition) is 8. The topological polar surface area (TPSA) is 93.1 Å². The maximum absolute atomic E-state index is 12.8. The maximum atomic E-state index is 12.8. The number of nitrogens with zero attached hydrogens (tertiary/aromatic N) is 1. The SMILES string of the molecule is CC(OC(=O)C1=C(SCCF)S[C@@H]2[C@@H]([C@@H](C)O)C(=O)N12)OC(=O)C1CCCCC1. The van der Waals surface area contributed by atoms with E-state index in [9.17, 15) is 23.9 Å². The van der Waals surface area contributed by atoms with Gasteiger partial charge in [0.2, 0.25) is 12.2 Å². The summed E-state index contributed by atoms with van der Waals surface area (Å²) >= 11 is 2.38. The van der Waals surface area contributed by atoms with Crippen LogP contribution in [0.5, 0.6) is 0 Å². The Morgan fingerprint density at radius 2 is 1.97 bits per heavy atom. The first-order chi connectivity index (χ1) is 13.8. The second-order valence-electron chi connectivity index (χ2n) is 7.40. The van der Waals surface area contributed by atoms with Crippen LogP contribution in [0.1, 0.15) is 46.0 Å². The Morgan fingerprint density at radius 1 is 1.28 bits per heavy atom. The predicted molar refractivity (Wildman–Crippen MR) is 107 cm³/mol. The van der Waals surface area contributed by atoms with E-state index in [0.29, 0.717) is 4.24 Å². The molecule has 0 aromatic carbocycles. The smallest absolute Gasteiger partial charge is 0.359 e. The minimum atomic E-state index is -1.09. The minimum Gasteiger partial charge on any atom is -0.425 e. The van der Waals surface area contributed by atoms with E-state index in [1.165, 1.54) is 30.5 Å². The largest absolute Gasteiger partial charge is 0.425 e. The maximum Gasteiger partial charge on any atom is 0.359 e. The number of ether oxygens (including phenoxy) is 2. The average molecular weight is 448 g/mol. The van der Waals surface area contributed by atoms with Gasteiger partial charge in [-0.15, -0.1) is 11.8 Å². The van der Waals surface area contributed by atoms with Crippen LogP contribution in [-0.2, 0) is 23.9 Å². The zero-order valence-corrected chi connectivity index (χ0v) is 18.1. The number of carbonyl (C=O) groups excluding carboxylic acids is 3. The fraction of sp³-hybridized carbons (Fsp3) is 0.737.